The lowest BCUT2D eigenvalue weighted by Crippen LogP contribution is -2.04. The lowest BCUT2D eigenvalue weighted by atomic mass is 10.1. The molecule has 154 valence electrons. The predicted octanol–water partition coefficient (Wildman–Crippen LogP) is 5.83. The summed E-state index contributed by atoms with van der Waals surface area (Å²) in [6.07, 6.45) is 3.70. The number of thiophene rings is 1. The largest absolute Gasteiger partial charge is 0.488 e. The molecule has 0 radical (unpaired) electrons. The van der Waals surface area contributed by atoms with Gasteiger partial charge in [0.2, 0.25) is 0 Å². The summed E-state index contributed by atoms with van der Waals surface area (Å²) in [5.74, 6) is 0.403. The molecule has 0 unspecified atom stereocenters. The molecule has 0 aliphatic heterocycles. The molecule has 0 amide bonds. The molecule has 0 N–H and O–H groups in total. The summed E-state index contributed by atoms with van der Waals surface area (Å²) in [6, 6.07) is 21.1. The average molecular weight is 429 g/mol. The fourth-order valence-electron chi connectivity index (χ4n) is 3.21. The zero-order valence-corrected chi connectivity index (χ0v) is 17.8. The van der Waals surface area contributed by atoms with Crippen molar-refractivity contribution in [2.24, 2.45) is 0 Å². The fourth-order valence-corrected chi connectivity index (χ4v) is 3.83. The molecule has 2 aromatic carbocycles. The maximum absolute atomic E-state index is 11.9. The van der Waals surface area contributed by atoms with Crippen molar-refractivity contribution in [1.82, 2.24) is 4.57 Å². The molecule has 0 spiro atoms. The van der Waals surface area contributed by atoms with Gasteiger partial charge in [0, 0.05) is 28.5 Å². The van der Waals surface area contributed by atoms with E-state index in [1.54, 1.807) is 36.6 Å². The van der Waals surface area contributed by atoms with Crippen molar-refractivity contribution in [3.05, 3.63) is 94.4 Å². The van der Waals surface area contributed by atoms with E-state index in [4.69, 9.17) is 9.47 Å². The quantitative estimate of drug-likeness (QED) is 0.347. The van der Waals surface area contributed by atoms with Gasteiger partial charge in [0.05, 0.1) is 17.7 Å². The number of hydrogen-bond acceptors (Lipinski definition) is 5. The Kier molecular flexibility index (Phi) is 6.16. The van der Waals surface area contributed by atoms with Crippen LogP contribution in [0.2, 0.25) is 0 Å². The summed E-state index contributed by atoms with van der Waals surface area (Å²) in [7, 11) is 0. The summed E-state index contributed by atoms with van der Waals surface area (Å²) in [5.41, 5.74) is 3.63. The molecule has 31 heavy (non-hydrogen) atoms. The minimum Gasteiger partial charge on any atom is -0.488 e. The number of ether oxygens (including phenoxy) is 2. The highest BCUT2D eigenvalue weighted by Gasteiger charge is 2.12. The molecule has 4 aromatic rings. The highest BCUT2D eigenvalue weighted by molar-refractivity contribution is 7.09. The number of benzene rings is 2. The summed E-state index contributed by atoms with van der Waals surface area (Å²) in [6.45, 7) is 2.63. The zero-order valence-electron chi connectivity index (χ0n) is 16.9. The topological polar surface area (TPSA) is 64.2 Å². The maximum Gasteiger partial charge on any atom is 0.338 e. The molecular formula is C25H20N2O3S. The predicted molar refractivity (Wildman–Crippen MR) is 121 cm³/mol. The molecule has 0 aliphatic rings. The van der Waals surface area contributed by atoms with Crippen LogP contribution in [0.1, 0.15) is 27.7 Å². The first-order valence-corrected chi connectivity index (χ1v) is 10.7. The van der Waals surface area contributed by atoms with Crippen molar-refractivity contribution in [2.75, 3.05) is 6.61 Å². The lowest BCUT2D eigenvalue weighted by molar-refractivity contribution is 0.0526. The van der Waals surface area contributed by atoms with Crippen LogP contribution in [0.3, 0.4) is 0 Å². The van der Waals surface area contributed by atoms with Crippen LogP contribution in [0.25, 0.3) is 16.8 Å². The summed E-state index contributed by atoms with van der Waals surface area (Å²) in [4.78, 5) is 13.0. The number of nitrogens with zero attached hydrogens (tertiary/aromatic N) is 2. The number of esters is 1. The second-order valence-corrected chi connectivity index (χ2v) is 7.80. The second kappa shape index (κ2) is 9.33. The van der Waals surface area contributed by atoms with E-state index in [1.807, 2.05) is 64.7 Å². The van der Waals surface area contributed by atoms with Crippen LogP contribution in [0.5, 0.6) is 5.75 Å². The first-order chi connectivity index (χ1) is 15.2. The number of rotatable bonds is 7. The number of carbonyl (C=O) groups excluding carboxylic acids is 1. The molecule has 2 heterocycles. The van der Waals surface area contributed by atoms with Crippen molar-refractivity contribution in [3.8, 4) is 28.6 Å². The van der Waals surface area contributed by atoms with Gasteiger partial charge in [-0.15, -0.1) is 11.3 Å². The first kappa shape index (κ1) is 20.5. The lowest BCUT2D eigenvalue weighted by Gasteiger charge is -2.07. The van der Waals surface area contributed by atoms with Crippen molar-refractivity contribution in [3.63, 3.8) is 0 Å². The molecule has 0 fully saturated rings. The van der Waals surface area contributed by atoms with Crippen molar-refractivity contribution >= 4 is 17.3 Å². The van der Waals surface area contributed by atoms with E-state index in [-0.39, 0.29) is 5.97 Å². The average Bonchev–Trinajstić information content (AvgIpc) is 3.48. The van der Waals surface area contributed by atoms with Crippen LogP contribution in [0, 0.1) is 11.3 Å². The number of hydrogen-bond donors (Lipinski definition) is 0. The normalized spacial score (nSPS) is 10.5. The highest BCUT2D eigenvalue weighted by Crippen LogP contribution is 2.29. The maximum atomic E-state index is 11.9. The van der Waals surface area contributed by atoms with E-state index in [2.05, 4.69) is 6.07 Å². The van der Waals surface area contributed by atoms with E-state index in [9.17, 15) is 10.1 Å². The van der Waals surface area contributed by atoms with Crippen molar-refractivity contribution < 1.29 is 14.3 Å². The molecule has 0 bridgehead atoms. The Morgan fingerprint density at radius 3 is 2.65 bits per heavy atom. The highest BCUT2D eigenvalue weighted by atomic mass is 32.1. The van der Waals surface area contributed by atoms with Gasteiger partial charge in [0.15, 0.2) is 0 Å². The molecular weight excluding hydrogens is 408 g/mol. The van der Waals surface area contributed by atoms with Crippen LogP contribution in [0.15, 0.2) is 78.4 Å². The fraction of sp³-hybridized carbons (Fsp3) is 0.120. The Balaban J connectivity index is 1.58. The minimum absolute atomic E-state index is 0.336. The van der Waals surface area contributed by atoms with Gasteiger partial charge in [-0.2, -0.15) is 5.26 Å². The Labute approximate surface area is 184 Å². The smallest absolute Gasteiger partial charge is 0.338 e. The third-order valence-electron chi connectivity index (χ3n) is 4.73. The molecule has 0 aliphatic carbocycles. The Hall–Kier alpha value is -3.82. The molecule has 4 rings (SSSR count). The van der Waals surface area contributed by atoms with Crippen LogP contribution < -0.4 is 4.74 Å². The summed E-state index contributed by atoms with van der Waals surface area (Å²) >= 11 is 1.65. The Bertz CT molecular complexity index is 1220. The molecule has 2 aromatic heterocycles. The minimum atomic E-state index is -0.348. The monoisotopic (exact) mass is 428 g/mol. The number of carbonyl (C=O) groups is 1. The molecule has 6 heteroatoms. The number of nitriles is 1. The molecule has 0 saturated carbocycles. The van der Waals surface area contributed by atoms with Gasteiger partial charge in [0.25, 0.3) is 0 Å². The van der Waals surface area contributed by atoms with Crippen LogP contribution >= 0.6 is 11.3 Å². The van der Waals surface area contributed by atoms with E-state index in [0.29, 0.717) is 24.3 Å². The van der Waals surface area contributed by atoms with E-state index in [0.717, 1.165) is 27.4 Å². The van der Waals surface area contributed by atoms with Gasteiger partial charge in [-0.05, 0) is 60.3 Å². The third kappa shape index (κ3) is 4.68. The van der Waals surface area contributed by atoms with Crippen LogP contribution in [-0.4, -0.2) is 17.1 Å². The molecule has 0 saturated heterocycles. The van der Waals surface area contributed by atoms with Gasteiger partial charge < -0.3 is 14.0 Å². The van der Waals surface area contributed by atoms with Gasteiger partial charge in [-0.25, -0.2) is 4.79 Å². The first-order valence-electron chi connectivity index (χ1n) is 9.83. The van der Waals surface area contributed by atoms with Crippen molar-refractivity contribution in [2.45, 2.75) is 13.5 Å². The molecule has 0 atom stereocenters. The van der Waals surface area contributed by atoms with Gasteiger partial charge in [0.1, 0.15) is 18.4 Å². The van der Waals surface area contributed by atoms with E-state index in [1.165, 1.54) is 0 Å². The van der Waals surface area contributed by atoms with E-state index < -0.39 is 0 Å². The Morgan fingerprint density at radius 1 is 1.10 bits per heavy atom. The second-order valence-electron chi connectivity index (χ2n) is 6.77. The third-order valence-corrected chi connectivity index (χ3v) is 5.58. The van der Waals surface area contributed by atoms with Gasteiger partial charge in [-0.1, -0.05) is 18.2 Å². The van der Waals surface area contributed by atoms with Crippen LogP contribution in [0.4, 0.5) is 0 Å². The molecule has 5 nitrogen and oxygen atoms in total. The standard InChI is InChI=1S/C25H20N2O3S/c1-2-29-25(28)18-8-10-21(11-9-18)27-15-20(14-26)24(16-27)19-5-3-6-22(13-19)30-17-23-7-4-12-31-23/h3-13,15-16H,2,17H2,1H3. The van der Waals surface area contributed by atoms with Crippen molar-refractivity contribution in [1.29, 1.82) is 5.26 Å². The van der Waals surface area contributed by atoms with Crippen LogP contribution in [-0.2, 0) is 11.3 Å². The SMILES string of the molecule is CCOC(=O)c1ccc(-n2cc(C#N)c(-c3cccc(OCc4cccs4)c3)c2)cc1. The zero-order chi connectivity index (χ0) is 21.6. The number of aromatic nitrogens is 1. The van der Waals surface area contributed by atoms with Gasteiger partial charge in [-0.3, -0.25) is 0 Å². The van der Waals surface area contributed by atoms with Gasteiger partial charge >= 0.3 is 5.97 Å². The van der Waals surface area contributed by atoms with E-state index >= 15 is 0 Å². The summed E-state index contributed by atoms with van der Waals surface area (Å²) in [5, 5.41) is 11.7. The Morgan fingerprint density at radius 2 is 1.94 bits per heavy atom. The summed E-state index contributed by atoms with van der Waals surface area (Å²) < 4.78 is 12.8.